The Hall–Kier alpha value is -1.70. The van der Waals surface area contributed by atoms with E-state index in [-0.39, 0.29) is 16.2 Å². The van der Waals surface area contributed by atoms with Crippen molar-refractivity contribution < 1.29 is 13.2 Å². The number of hydrogen-bond acceptors (Lipinski definition) is 4. The van der Waals surface area contributed by atoms with Crippen LogP contribution in [0.4, 0.5) is 0 Å². The van der Waals surface area contributed by atoms with E-state index in [0.717, 1.165) is 68.5 Å². The predicted molar refractivity (Wildman–Crippen MR) is 107 cm³/mol. The maximum Gasteiger partial charge on any atom is 0.254 e. The standard InChI is InChI=1S/C20H24N2O3S2/c23-20(22-11-4-1-5-12-22)16-13-19(26-14-16)27(24,25)21-18-10-6-8-15-7-2-3-9-17(15)18/h2-3,7,9,13-14,18,21H,1,4-6,8,10-12H2/t18-/m0/s1. The zero-order valence-corrected chi connectivity index (χ0v) is 16.8. The van der Waals surface area contributed by atoms with Crippen LogP contribution in [-0.4, -0.2) is 32.3 Å². The van der Waals surface area contributed by atoms with E-state index in [1.165, 1.54) is 11.6 Å². The Morgan fingerprint density at radius 1 is 1.11 bits per heavy atom. The van der Waals surface area contributed by atoms with Crippen molar-refractivity contribution in [3.63, 3.8) is 0 Å². The van der Waals surface area contributed by atoms with Gasteiger partial charge in [0.15, 0.2) is 0 Å². The number of thiophene rings is 1. The molecule has 27 heavy (non-hydrogen) atoms. The lowest BCUT2D eigenvalue weighted by Crippen LogP contribution is -2.35. The quantitative estimate of drug-likeness (QED) is 0.844. The average molecular weight is 405 g/mol. The fourth-order valence-electron chi connectivity index (χ4n) is 3.97. The predicted octanol–water partition coefficient (Wildman–Crippen LogP) is 3.73. The van der Waals surface area contributed by atoms with Crippen LogP contribution in [0.1, 0.15) is 59.6 Å². The summed E-state index contributed by atoms with van der Waals surface area (Å²) in [7, 11) is -3.65. The van der Waals surface area contributed by atoms with Gasteiger partial charge < -0.3 is 4.90 Å². The van der Waals surface area contributed by atoms with Crippen LogP contribution in [0.2, 0.25) is 0 Å². The number of amides is 1. The summed E-state index contributed by atoms with van der Waals surface area (Å²) in [6, 6.07) is 9.33. The van der Waals surface area contributed by atoms with E-state index < -0.39 is 10.0 Å². The first kappa shape index (κ1) is 18.7. The van der Waals surface area contributed by atoms with E-state index in [1.54, 1.807) is 5.38 Å². The van der Waals surface area contributed by atoms with Crippen LogP contribution in [0.3, 0.4) is 0 Å². The number of benzene rings is 1. The zero-order valence-electron chi connectivity index (χ0n) is 15.2. The minimum atomic E-state index is -3.65. The minimum absolute atomic E-state index is 0.0598. The topological polar surface area (TPSA) is 66.5 Å². The first-order valence-corrected chi connectivity index (χ1v) is 11.9. The fourth-order valence-corrected chi connectivity index (χ4v) is 6.39. The van der Waals surface area contributed by atoms with Gasteiger partial charge in [-0.2, -0.15) is 0 Å². The van der Waals surface area contributed by atoms with Gasteiger partial charge in [-0.25, -0.2) is 13.1 Å². The molecule has 1 fully saturated rings. The van der Waals surface area contributed by atoms with Gasteiger partial charge in [-0.3, -0.25) is 4.79 Å². The van der Waals surface area contributed by atoms with Gasteiger partial charge in [0.25, 0.3) is 15.9 Å². The van der Waals surface area contributed by atoms with Crippen LogP contribution in [0.15, 0.2) is 39.9 Å². The number of nitrogens with one attached hydrogen (secondary N) is 1. The molecule has 1 saturated heterocycles. The summed E-state index contributed by atoms with van der Waals surface area (Å²) in [6.07, 6.45) is 5.93. The minimum Gasteiger partial charge on any atom is -0.339 e. The molecule has 0 unspecified atom stereocenters. The highest BCUT2D eigenvalue weighted by Gasteiger charge is 2.28. The van der Waals surface area contributed by atoms with Gasteiger partial charge >= 0.3 is 0 Å². The van der Waals surface area contributed by atoms with Crippen LogP contribution in [0, 0.1) is 0 Å². The van der Waals surface area contributed by atoms with Crippen molar-refractivity contribution in [3.8, 4) is 0 Å². The smallest absolute Gasteiger partial charge is 0.254 e. The van der Waals surface area contributed by atoms with Crippen LogP contribution >= 0.6 is 11.3 Å². The average Bonchev–Trinajstić information content (AvgIpc) is 3.19. The molecule has 5 nitrogen and oxygen atoms in total. The number of hydrogen-bond donors (Lipinski definition) is 1. The summed E-state index contributed by atoms with van der Waals surface area (Å²) < 4.78 is 28.9. The molecular formula is C20H24N2O3S2. The Kier molecular flexibility index (Phi) is 5.34. The summed E-state index contributed by atoms with van der Waals surface area (Å²) in [6.45, 7) is 1.52. The van der Waals surface area contributed by atoms with Crippen molar-refractivity contribution in [1.82, 2.24) is 9.62 Å². The van der Waals surface area contributed by atoms with E-state index in [9.17, 15) is 13.2 Å². The first-order chi connectivity index (χ1) is 13.0. The second kappa shape index (κ2) is 7.73. The Morgan fingerprint density at radius 2 is 1.89 bits per heavy atom. The van der Waals surface area contributed by atoms with Gasteiger partial charge in [0.1, 0.15) is 4.21 Å². The largest absolute Gasteiger partial charge is 0.339 e. The fraction of sp³-hybridized carbons (Fsp3) is 0.450. The highest BCUT2D eigenvalue weighted by atomic mass is 32.2. The number of carbonyl (C=O) groups is 1. The molecule has 1 aliphatic heterocycles. The van der Waals surface area contributed by atoms with Gasteiger partial charge in [-0.15, -0.1) is 11.3 Å². The maximum atomic E-state index is 12.9. The van der Waals surface area contributed by atoms with Gasteiger partial charge in [-0.1, -0.05) is 24.3 Å². The highest BCUT2D eigenvalue weighted by molar-refractivity contribution is 7.91. The molecule has 1 aromatic carbocycles. The van der Waals surface area contributed by atoms with Gasteiger partial charge in [0.05, 0.1) is 5.56 Å². The van der Waals surface area contributed by atoms with Gasteiger partial charge in [0.2, 0.25) is 0 Å². The third kappa shape index (κ3) is 3.95. The molecule has 2 aromatic rings. The zero-order chi connectivity index (χ0) is 18.9. The first-order valence-electron chi connectivity index (χ1n) is 9.52. The molecule has 1 N–H and O–H groups in total. The molecule has 0 spiro atoms. The molecule has 2 heterocycles. The second-order valence-electron chi connectivity index (χ2n) is 7.27. The molecule has 1 atom stereocenters. The van der Waals surface area contributed by atoms with Gasteiger partial charge in [-0.05, 0) is 55.7 Å². The lowest BCUT2D eigenvalue weighted by atomic mass is 9.88. The molecule has 2 aliphatic rings. The summed E-state index contributed by atoms with van der Waals surface area (Å²) in [4.78, 5) is 14.4. The lowest BCUT2D eigenvalue weighted by molar-refractivity contribution is 0.0725. The number of likely N-dealkylation sites (tertiary alicyclic amines) is 1. The third-order valence-electron chi connectivity index (χ3n) is 5.40. The van der Waals surface area contributed by atoms with Crippen molar-refractivity contribution in [3.05, 3.63) is 52.4 Å². The summed E-state index contributed by atoms with van der Waals surface area (Å²) in [5, 5.41) is 1.67. The number of fused-ring (bicyclic) bond motifs is 1. The number of carbonyl (C=O) groups excluding carboxylic acids is 1. The molecular weight excluding hydrogens is 380 g/mol. The molecule has 1 aromatic heterocycles. The molecule has 0 saturated carbocycles. The lowest BCUT2D eigenvalue weighted by Gasteiger charge is -2.26. The molecule has 0 radical (unpaired) electrons. The molecule has 0 bridgehead atoms. The molecule has 1 amide bonds. The van der Waals surface area contributed by atoms with Crippen molar-refractivity contribution in [2.75, 3.05) is 13.1 Å². The third-order valence-corrected chi connectivity index (χ3v) is 8.31. The van der Waals surface area contributed by atoms with Crippen LogP contribution < -0.4 is 4.72 Å². The Bertz CT molecular complexity index is 930. The number of aryl methyl sites for hydroxylation is 1. The van der Waals surface area contributed by atoms with E-state index in [2.05, 4.69) is 10.8 Å². The summed E-state index contributed by atoms with van der Waals surface area (Å²) in [5.74, 6) is -0.0598. The molecule has 7 heteroatoms. The van der Waals surface area contributed by atoms with E-state index in [1.807, 2.05) is 23.1 Å². The Labute approximate surface area is 164 Å². The number of rotatable bonds is 4. The number of nitrogens with zero attached hydrogens (tertiary/aromatic N) is 1. The SMILES string of the molecule is O=C(c1csc(S(=O)(=O)N[C@H]2CCCc3ccccc32)c1)N1CCCCC1. The van der Waals surface area contributed by atoms with Crippen LogP contribution in [0.25, 0.3) is 0 Å². The van der Waals surface area contributed by atoms with Gasteiger partial charge in [0, 0.05) is 24.5 Å². The molecule has 144 valence electrons. The maximum absolute atomic E-state index is 12.9. The monoisotopic (exact) mass is 404 g/mol. The molecule has 1 aliphatic carbocycles. The van der Waals surface area contributed by atoms with E-state index in [0.29, 0.717) is 5.56 Å². The summed E-state index contributed by atoms with van der Waals surface area (Å²) in [5.41, 5.74) is 2.75. The second-order valence-corrected chi connectivity index (χ2v) is 10.1. The van der Waals surface area contributed by atoms with Crippen molar-refractivity contribution in [2.45, 2.75) is 48.8 Å². The van der Waals surface area contributed by atoms with Crippen LogP contribution in [0.5, 0.6) is 0 Å². The van der Waals surface area contributed by atoms with E-state index in [4.69, 9.17) is 0 Å². The number of piperidine rings is 1. The summed E-state index contributed by atoms with van der Waals surface area (Å²) >= 11 is 1.12. The Balaban J connectivity index is 1.52. The highest BCUT2D eigenvalue weighted by Crippen LogP contribution is 2.32. The van der Waals surface area contributed by atoms with Crippen molar-refractivity contribution in [2.24, 2.45) is 0 Å². The van der Waals surface area contributed by atoms with Crippen LogP contribution in [-0.2, 0) is 16.4 Å². The van der Waals surface area contributed by atoms with Crippen molar-refractivity contribution >= 4 is 27.3 Å². The van der Waals surface area contributed by atoms with E-state index >= 15 is 0 Å². The normalized spacial score (nSPS) is 20.3. The molecule has 4 rings (SSSR count). The Morgan fingerprint density at radius 3 is 2.70 bits per heavy atom. The van der Waals surface area contributed by atoms with Crippen molar-refractivity contribution in [1.29, 1.82) is 0 Å². The number of sulfonamides is 1.